The Kier molecular flexibility index (Phi) is 3.70. The number of hydrogen-bond acceptors (Lipinski definition) is 3. The molecule has 0 aliphatic heterocycles. The van der Waals surface area contributed by atoms with Crippen molar-refractivity contribution >= 4 is 11.5 Å². The molecule has 1 N–H and O–H groups in total. The first-order valence-corrected chi connectivity index (χ1v) is 6.26. The highest BCUT2D eigenvalue weighted by Crippen LogP contribution is 2.24. The van der Waals surface area contributed by atoms with Crippen molar-refractivity contribution in [1.82, 2.24) is 4.37 Å². The highest BCUT2D eigenvalue weighted by atomic mass is 32.1. The Morgan fingerprint density at radius 1 is 1.25 bits per heavy atom. The van der Waals surface area contributed by atoms with Gasteiger partial charge in [0, 0.05) is 6.20 Å². The van der Waals surface area contributed by atoms with Crippen molar-refractivity contribution in [3.05, 3.63) is 52.5 Å². The van der Waals surface area contributed by atoms with Gasteiger partial charge in [0.05, 0.1) is 4.88 Å². The molecule has 1 heterocycles. The van der Waals surface area contributed by atoms with Crippen LogP contribution in [0.2, 0.25) is 0 Å². The SMILES string of the molecule is CCCc1ccc([C@H](O)c2ccns2)cc1. The second-order valence-corrected chi connectivity index (χ2v) is 4.67. The van der Waals surface area contributed by atoms with Crippen LogP contribution in [0, 0.1) is 0 Å². The monoisotopic (exact) mass is 233 g/mol. The minimum absolute atomic E-state index is 0.539. The van der Waals surface area contributed by atoms with Crippen molar-refractivity contribution in [3.63, 3.8) is 0 Å². The molecule has 0 saturated carbocycles. The molecule has 3 heteroatoms. The van der Waals surface area contributed by atoms with E-state index in [9.17, 15) is 5.11 Å². The molecule has 1 aromatic carbocycles. The summed E-state index contributed by atoms with van der Waals surface area (Å²) < 4.78 is 4.00. The fourth-order valence-corrected chi connectivity index (χ4v) is 2.29. The molecule has 0 fully saturated rings. The molecular weight excluding hydrogens is 218 g/mol. The normalized spacial score (nSPS) is 12.6. The summed E-state index contributed by atoms with van der Waals surface area (Å²) in [7, 11) is 0. The van der Waals surface area contributed by atoms with Gasteiger partial charge in [-0.05, 0) is 35.1 Å². The van der Waals surface area contributed by atoms with Crippen molar-refractivity contribution in [2.45, 2.75) is 25.9 Å². The molecule has 0 aliphatic carbocycles. The average molecular weight is 233 g/mol. The zero-order chi connectivity index (χ0) is 11.4. The molecule has 2 rings (SSSR count). The summed E-state index contributed by atoms with van der Waals surface area (Å²) in [6.45, 7) is 2.17. The van der Waals surface area contributed by atoms with Crippen LogP contribution in [0.5, 0.6) is 0 Å². The number of aliphatic hydroxyl groups is 1. The van der Waals surface area contributed by atoms with E-state index >= 15 is 0 Å². The van der Waals surface area contributed by atoms with Gasteiger partial charge in [-0.3, -0.25) is 0 Å². The van der Waals surface area contributed by atoms with Crippen molar-refractivity contribution < 1.29 is 5.11 Å². The quantitative estimate of drug-likeness (QED) is 0.879. The molecule has 16 heavy (non-hydrogen) atoms. The maximum Gasteiger partial charge on any atom is 0.115 e. The Balaban J connectivity index is 2.15. The van der Waals surface area contributed by atoms with Crippen LogP contribution >= 0.6 is 11.5 Å². The Hall–Kier alpha value is -1.19. The largest absolute Gasteiger partial charge is 0.383 e. The van der Waals surface area contributed by atoms with Crippen molar-refractivity contribution in [2.75, 3.05) is 0 Å². The van der Waals surface area contributed by atoms with Crippen LogP contribution in [0.3, 0.4) is 0 Å². The fourth-order valence-electron chi connectivity index (χ4n) is 1.69. The zero-order valence-electron chi connectivity index (χ0n) is 9.26. The van der Waals surface area contributed by atoms with Gasteiger partial charge in [0.1, 0.15) is 6.10 Å². The first kappa shape index (κ1) is 11.3. The number of aliphatic hydroxyl groups excluding tert-OH is 1. The van der Waals surface area contributed by atoms with Crippen LogP contribution in [0.15, 0.2) is 36.5 Å². The Labute approximate surface area is 99.7 Å². The summed E-state index contributed by atoms with van der Waals surface area (Å²) in [4.78, 5) is 0.892. The topological polar surface area (TPSA) is 33.1 Å². The van der Waals surface area contributed by atoms with Gasteiger partial charge in [0.2, 0.25) is 0 Å². The summed E-state index contributed by atoms with van der Waals surface area (Å²) in [5.41, 5.74) is 2.26. The molecule has 0 unspecified atom stereocenters. The summed E-state index contributed by atoms with van der Waals surface area (Å²) >= 11 is 1.34. The molecule has 0 bridgehead atoms. The summed E-state index contributed by atoms with van der Waals surface area (Å²) in [5.74, 6) is 0. The third-order valence-electron chi connectivity index (χ3n) is 2.56. The van der Waals surface area contributed by atoms with E-state index in [1.165, 1.54) is 17.1 Å². The molecule has 0 radical (unpaired) electrons. The van der Waals surface area contributed by atoms with E-state index in [1.807, 2.05) is 18.2 Å². The molecule has 84 valence electrons. The molecule has 1 atom stereocenters. The van der Waals surface area contributed by atoms with Gasteiger partial charge in [-0.1, -0.05) is 37.6 Å². The Morgan fingerprint density at radius 2 is 2.00 bits per heavy atom. The van der Waals surface area contributed by atoms with Crippen LogP contribution < -0.4 is 0 Å². The van der Waals surface area contributed by atoms with Crippen LogP contribution in [0.1, 0.15) is 35.5 Å². The van der Waals surface area contributed by atoms with Gasteiger partial charge in [-0.2, -0.15) is 0 Å². The van der Waals surface area contributed by atoms with Crippen molar-refractivity contribution in [3.8, 4) is 0 Å². The molecule has 1 aromatic heterocycles. The molecular formula is C13H15NOS. The van der Waals surface area contributed by atoms with E-state index in [4.69, 9.17) is 0 Å². The number of nitrogens with zero attached hydrogens (tertiary/aromatic N) is 1. The van der Waals surface area contributed by atoms with Gasteiger partial charge in [-0.15, -0.1) is 0 Å². The van der Waals surface area contributed by atoms with E-state index in [1.54, 1.807) is 6.20 Å². The third kappa shape index (κ3) is 2.49. The fraction of sp³-hybridized carbons (Fsp3) is 0.308. The lowest BCUT2D eigenvalue weighted by molar-refractivity contribution is 0.224. The van der Waals surface area contributed by atoms with Gasteiger partial charge < -0.3 is 5.11 Å². The smallest absolute Gasteiger partial charge is 0.115 e. The molecule has 0 aliphatic rings. The van der Waals surface area contributed by atoms with Crippen LogP contribution in [-0.2, 0) is 6.42 Å². The average Bonchev–Trinajstić information content (AvgIpc) is 2.83. The molecule has 2 nitrogen and oxygen atoms in total. The van der Waals surface area contributed by atoms with Crippen LogP contribution in [-0.4, -0.2) is 9.48 Å². The summed E-state index contributed by atoms with van der Waals surface area (Å²) in [6.07, 6.45) is 3.42. The first-order valence-electron chi connectivity index (χ1n) is 5.48. The van der Waals surface area contributed by atoms with Crippen LogP contribution in [0.25, 0.3) is 0 Å². The minimum atomic E-state index is -0.539. The highest BCUT2D eigenvalue weighted by Gasteiger charge is 2.11. The van der Waals surface area contributed by atoms with E-state index in [0.29, 0.717) is 0 Å². The highest BCUT2D eigenvalue weighted by molar-refractivity contribution is 7.05. The third-order valence-corrected chi connectivity index (χ3v) is 3.36. The van der Waals surface area contributed by atoms with E-state index in [0.717, 1.165) is 23.3 Å². The zero-order valence-corrected chi connectivity index (χ0v) is 10.1. The lowest BCUT2D eigenvalue weighted by atomic mass is 10.0. The van der Waals surface area contributed by atoms with Gasteiger partial charge in [-0.25, -0.2) is 4.37 Å². The Morgan fingerprint density at radius 3 is 2.56 bits per heavy atom. The molecule has 0 saturated heterocycles. The molecule has 0 amide bonds. The minimum Gasteiger partial charge on any atom is -0.383 e. The second kappa shape index (κ2) is 5.23. The molecule has 2 aromatic rings. The van der Waals surface area contributed by atoms with Crippen LogP contribution in [0.4, 0.5) is 0 Å². The maximum absolute atomic E-state index is 10.1. The van der Waals surface area contributed by atoms with E-state index in [-0.39, 0.29) is 0 Å². The van der Waals surface area contributed by atoms with Gasteiger partial charge in [0.15, 0.2) is 0 Å². The number of aryl methyl sites for hydroxylation is 1. The standard InChI is InChI=1S/C13H15NOS/c1-2-3-10-4-6-11(7-5-10)13(15)12-8-9-14-16-12/h4-9,13,15H,2-3H2,1H3/t13-/m0/s1. The number of hydrogen-bond donors (Lipinski definition) is 1. The lowest BCUT2D eigenvalue weighted by Crippen LogP contribution is -1.97. The number of rotatable bonds is 4. The predicted octanol–water partition coefficient (Wildman–Crippen LogP) is 3.18. The summed E-state index contributed by atoms with van der Waals surface area (Å²) in [5, 5.41) is 10.1. The number of aromatic nitrogens is 1. The first-order chi connectivity index (χ1) is 7.81. The maximum atomic E-state index is 10.1. The van der Waals surface area contributed by atoms with Gasteiger partial charge in [0.25, 0.3) is 0 Å². The van der Waals surface area contributed by atoms with E-state index in [2.05, 4.69) is 23.4 Å². The van der Waals surface area contributed by atoms with Crippen molar-refractivity contribution in [2.24, 2.45) is 0 Å². The predicted molar refractivity (Wildman–Crippen MR) is 66.6 cm³/mol. The van der Waals surface area contributed by atoms with E-state index < -0.39 is 6.10 Å². The Bertz CT molecular complexity index is 422. The van der Waals surface area contributed by atoms with Gasteiger partial charge >= 0.3 is 0 Å². The van der Waals surface area contributed by atoms with Crippen molar-refractivity contribution in [1.29, 1.82) is 0 Å². The second-order valence-electron chi connectivity index (χ2n) is 3.81. The molecule has 0 spiro atoms. The lowest BCUT2D eigenvalue weighted by Gasteiger charge is -2.08. The number of benzene rings is 1. The summed E-state index contributed by atoms with van der Waals surface area (Å²) in [6, 6.07) is 10.0.